The van der Waals surface area contributed by atoms with Gasteiger partial charge in [0.25, 0.3) is 0 Å². The van der Waals surface area contributed by atoms with Crippen molar-refractivity contribution in [2.45, 2.75) is 52.7 Å². The van der Waals surface area contributed by atoms with Gasteiger partial charge < -0.3 is 19.3 Å². The van der Waals surface area contributed by atoms with E-state index in [4.69, 9.17) is 26.1 Å². The van der Waals surface area contributed by atoms with Crippen molar-refractivity contribution in [2.24, 2.45) is 0 Å². The predicted molar refractivity (Wildman–Crippen MR) is 150 cm³/mol. The first-order valence-electron chi connectivity index (χ1n) is 12.4. The van der Waals surface area contributed by atoms with Crippen LogP contribution in [-0.4, -0.2) is 69.3 Å². The Morgan fingerprint density at radius 2 is 1.58 bits per heavy atom. The molecule has 1 aromatic heterocycles. The average Bonchev–Trinajstić information content (AvgIpc) is 2.82. The van der Waals surface area contributed by atoms with Gasteiger partial charge in [0.05, 0.1) is 11.9 Å². The first-order chi connectivity index (χ1) is 17.7. The SMILES string of the molecule is C=CN(C(=C)c1ncc(N2CCN(C(=O)OC(C)(C)C)CC2)nc1-c1ccc(Cl)cc1)C(=O)OC(C)(C)C. The van der Waals surface area contributed by atoms with Crippen LogP contribution in [0.25, 0.3) is 17.0 Å². The summed E-state index contributed by atoms with van der Waals surface area (Å²) >= 11 is 6.12. The van der Waals surface area contributed by atoms with E-state index in [1.807, 2.05) is 32.9 Å². The fraction of sp³-hybridized carbons (Fsp3) is 0.429. The summed E-state index contributed by atoms with van der Waals surface area (Å²) < 4.78 is 11.0. The number of hydrogen-bond donors (Lipinski definition) is 0. The Hall–Kier alpha value is -3.59. The fourth-order valence-corrected chi connectivity index (χ4v) is 3.84. The monoisotopic (exact) mass is 541 g/mol. The van der Waals surface area contributed by atoms with Crippen molar-refractivity contribution in [3.63, 3.8) is 0 Å². The molecule has 204 valence electrons. The van der Waals surface area contributed by atoms with Crippen LogP contribution in [0.15, 0.2) is 49.8 Å². The van der Waals surface area contributed by atoms with Crippen molar-refractivity contribution >= 4 is 35.3 Å². The fourth-order valence-electron chi connectivity index (χ4n) is 3.72. The lowest BCUT2D eigenvalue weighted by Gasteiger charge is -2.36. The quantitative estimate of drug-likeness (QED) is 0.445. The Morgan fingerprint density at radius 1 is 1.00 bits per heavy atom. The van der Waals surface area contributed by atoms with Gasteiger partial charge in [-0.25, -0.2) is 19.6 Å². The molecule has 0 spiro atoms. The molecule has 0 atom stereocenters. The van der Waals surface area contributed by atoms with Crippen LogP contribution >= 0.6 is 11.6 Å². The van der Waals surface area contributed by atoms with Gasteiger partial charge in [0.2, 0.25) is 0 Å². The van der Waals surface area contributed by atoms with Crippen LogP contribution in [0.1, 0.15) is 47.2 Å². The van der Waals surface area contributed by atoms with Crippen molar-refractivity contribution in [1.82, 2.24) is 19.8 Å². The molecule has 1 saturated heterocycles. The first-order valence-corrected chi connectivity index (χ1v) is 12.8. The summed E-state index contributed by atoms with van der Waals surface area (Å²) in [6.45, 7) is 20.9. The maximum Gasteiger partial charge on any atom is 0.419 e. The third-order valence-corrected chi connectivity index (χ3v) is 5.72. The number of halogens is 1. The molecule has 10 heteroatoms. The number of piperazine rings is 1. The third-order valence-electron chi connectivity index (χ3n) is 5.47. The molecule has 1 aromatic carbocycles. The standard InChI is InChI=1S/C28H36ClN5O4/c1-9-34(26(36)38-28(6,7)8)19(2)23-24(20-10-12-21(29)13-11-20)31-22(18-30-23)32-14-16-33(17-15-32)25(35)37-27(3,4)5/h9-13,18H,1-2,14-17H2,3-8H3. The highest BCUT2D eigenvalue weighted by Gasteiger charge is 2.29. The van der Waals surface area contributed by atoms with Gasteiger partial charge >= 0.3 is 12.2 Å². The largest absolute Gasteiger partial charge is 0.444 e. The summed E-state index contributed by atoms with van der Waals surface area (Å²) in [5.41, 5.74) is 0.690. The third kappa shape index (κ3) is 7.47. The highest BCUT2D eigenvalue weighted by atomic mass is 35.5. The summed E-state index contributed by atoms with van der Waals surface area (Å²) in [6.07, 6.45) is 2.03. The van der Waals surface area contributed by atoms with E-state index in [0.717, 1.165) is 5.56 Å². The zero-order chi connectivity index (χ0) is 28.3. The number of amides is 2. The minimum absolute atomic E-state index is 0.271. The molecule has 2 amide bonds. The molecular weight excluding hydrogens is 506 g/mol. The molecule has 0 N–H and O–H groups in total. The van der Waals surface area contributed by atoms with Gasteiger partial charge in [-0.3, -0.25) is 4.90 Å². The Balaban J connectivity index is 1.90. The van der Waals surface area contributed by atoms with Gasteiger partial charge in [0, 0.05) is 43.0 Å². The van der Waals surface area contributed by atoms with Gasteiger partial charge in [0.1, 0.15) is 28.4 Å². The Kier molecular flexibility index (Phi) is 8.72. The minimum atomic E-state index is -0.700. The van der Waals surface area contributed by atoms with Crippen molar-refractivity contribution < 1.29 is 19.1 Å². The van der Waals surface area contributed by atoms with Crippen LogP contribution in [0.4, 0.5) is 15.4 Å². The number of nitrogens with zero attached hydrogens (tertiary/aromatic N) is 5. The average molecular weight is 542 g/mol. The Bertz CT molecular complexity index is 1190. The zero-order valence-electron chi connectivity index (χ0n) is 23.0. The van der Waals surface area contributed by atoms with Gasteiger partial charge in [-0.1, -0.05) is 36.9 Å². The predicted octanol–water partition coefficient (Wildman–Crippen LogP) is 6.21. The number of carbonyl (C=O) groups is 2. The van der Waals surface area contributed by atoms with Crippen molar-refractivity contribution in [1.29, 1.82) is 0 Å². The highest BCUT2D eigenvalue weighted by molar-refractivity contribution is 6.30. The molecular formula is C28H36ClN5O4. The first kappa shape index (κ1) is 29.0. The summed E-state index contributed by atoms with van der Waals surface area (Å²) in [5.74, 6) is 0.637. The second-order valence-corrected chi connectivity index (χ2v) is 11.3. The van der Waals surface area contributed by atoms with Crippen molar-refractivity contribution in [2.75, 3.05) is 31.1 Å². The normalized spacial score (nSPS) is 14.1. The van der Waals surface area contributed by atoms with Gasteiger partial charge in [0.15, 0.2) is 0 Å². The molecule has 2 heterocycles. The second kappa shape index (κ2) is 11.4. The van der Waals surface area contributed by atoms with E-state index in [2.05, 4.69) is 23.0 Å². The van der Waals surface area contributed by atoms with Gasteiger partial charge in [-0.05, 0) is 53.7 Å². The lowest BCUT2D eigenvalue weighted by Crippen LogP contribution is -2.50. The van der Waals surface area contributed by atoms with E-state index < -0.39 is 17.3 Å². The van der Waals surface area contributed by atoms with E-state index in [-0.39, 0.29) is 11.8 Å². The number of aromatic nitrogens is 2. The molecule has 38 heavy (non-hydrogen) atoms. The maximum absolute atomic E-state index is 12.8. The van der Waals surface area contributed by atoms with E-state index in [1.165, 1.54) is 11.1 Å². The molecule has 9 nitrogen and oxygen atoms in total. The van der Waals surface area contributed by atoms with Crippen LogP contribution in [-0.2, 0) is 9.47 Å². The molecule has 1 aliphatic rings. The maximum atomic E-state index is 12.8. The molecule has 0 saturated carbocycles. The van der Waals surface area contributed by atoms with Crippen LogP contribution in [0.2, 0.25) is 5.02 Å². The topological polar surface area (TPSA) is 88.1 Å². The van der Waals surface area contributed by atoms with Crippen LogP contribution in [0.3, 0.4) is 0 Å². The lowest BCUT2D eigenvalue weighted by atomic mass is 10.1. The Labute approximate surface area is 229 Å². The number of ether oxygens (including phenoxy) is 2. The Morgan fingerprint density at radius 3 is 2.11 bits per heavy atom. The minimum Gasteiger partial charge on any atom is -0.444 e. The second-order valence-electron chi connectivity index (χ2n) is 10.9. The van der Waals surface area contributed by atoms with Crippen LogP contribution < -0.4 is 4.90 Å². The van der Waals surface area contributed by atoms with Gasteiger partial charge in [-0.15, -0.1) is 0 Å². The summed E-state index contributed by atoms with van der Waals surface area (Å²) in [6, 6.07) is 7.19. The number of benzene rings is 1. The molecule has 0 aliphatic carbocycles. The highest BCUT2D eigenvalue weighted by Crippen LogP contribution is 2.31. The number of carbonyl (C=O) groups excluding carboxylic acids is 2. The molecule has 0 unspecified atom stereocenters. The summed E-state index contributed by atoms with van der Waals surface area (Å²) in [4.78, 5) is 39.8. The van der Waals surface area contributed by atoms with Crippen LogP contribution in [0, 0.1) is 0 Å². The van der Waals surface area contributed by atoms with Crippen molar-refractivity contribution in [3.05, 3.63) is 60.5 Å². The molecule has 3 rings (SSSR count). The molecule has 2 aromatic rings. The molecule has 0 radical (unpaired) electrons. The number of anilines is 1. The number of hydrogen-bond acceptors (Lipinski definition) is 7. The van der Waals surface area contributed by atoms with E-state index in [1.54, 1.807) is 44.0 Å². The molecule has 0 bridgehead atoms. The van der Waals surface area contributed by atoms with Gasteiger partial charge in [-0.2, -0.15) is 0 Å². The van der Waals surface area contributed by atoms with E-state index in [9.17, 15) is 9.59 Å². The summed E-state index contributed by atoms with van der Waals surface area (Å²) in [7, 11) is 0. The lowest BCUT2D eigenvalue weighted by molar-refractivity contribution is 0.0239. The van der Waals surface area contributed by atoms with E-state index >= 15 is 0 Å². The van der Waals surface area contributed by atoms with Crippen LogP contribution in [0.5, 0.6) is 0 Å². The number of rotatable bonds is 5. The molecule has 1 fully saturated rings. The summed E-state index contributed by atoms with van der Waals surface area (Å²) in [5, 5.41) is 0.581. The smallest absolute Gasteiger partial charge is 0.419 e. The van der Waals surface area contributed by atoms with Crippen molar-refractivity contribution in [3.8, 4) is 11.3 Å². The van der Waals surface area contributed by atoms with E-state index in [0.29, 0.717) is 48.4 Å². The zero-order valence-corrected chi connectivity index (χ0v) is 23.7. The molecule has 1 aliphatic heterocycles.